The van der Waals surface area contributed by atoms with Crippen molar-refractivity contribution in [3.8, 4) is 5.75 Å². The van der Waals surface area contributed by atoms with Crippen molar-refractivity contribution in [3.05, 3.63) is 70.3 Å². The van der Waals surface area contributed by atoms with E-state index in [-0.39, 0.29) is 22.5 Å². The number of aliphatic hydroxyl groups is 1. The van der Waals surface area contributed by atoms with Crippen LogP contribution in [0.2, 0.25) is 0 Å². The van der Waals surface area contributed by atoms with Gasteiger partial charge in [0, 0.05) is 18.7 Å². The molecule has 6 nitrogen and oxygen atoms in total. The molecule has 0 saturated carbocycles. The molecule has 182 valence electrons. The number of likely N-dealkylation sites (tertiary alicyclic amines) is 1. The zero-order valence-electron chi connectivity index (χ0n) is 21.1. The van der Waals surface area contributed by atoms with Gasteiger partial charge in [0.1, 0.15) is 11.5 Å². The van der Waals surface area contributed by atoms with Crippen LogP contribution < -0.4 is 0 Å². The molecule has 0 aromatic heterocycles. The van der Waals surface area contributed by atoms with Gasteiger partial charge < -0.3 is 20.0 Å². The van der Waals surface area contributed by atoms with Gasteiger partial charge in [-0.1, -0.05) is 58.9 Å². The number of ketones is 1. The van der Waals surface area contributed by atoms with E-state index in [0.717, 1.165) is 24.2 Å². The monoisotopic (exact) mass is 464 g/mol. The molecule has 3 rings (SSSR count). The number of carbonyl (C=O) groups excluding carboxylic acids is 2. The highest BCUT2D eigenvalue weighted by Crippen LogP contribution is 2.41. The highest BCUT2D eigenvalue weighted by Gasteiger charge is 2.46. The maximum absolute atomic E-state index is 13.3. The van der Waals surface area contributed by atoms with E-state index in [1.807, 2.05) is 25.1 Å². The Morgan fingerprint density at radius 1 is 1.06 bits per heavy atom. The van der Waals surface area contributed by atoms with Crippen LogP contribution in [0.1, 0.15) is 62.9 Å². The van der Waals surface area contributed by atoms with Crippen LogP contribution in [-0.2, 0) is 15.0 Å². The number of rotatable bonds is 7. The third-order valence-electron chi connectivity index (χ3n) is 6.64. The van der Waals surface area contributed by atoms with Gasteiger partial charge in [0.2, 0.25) is 0 Å². The maximum atomic E-state index is 13.3. The summed E-state index contributed by atoms with van der Waals surface area (Å²) in [4.78, 5) is 30.2. The summed E-state index contributed by atoms with van der Waals surface area (Å²) in [6, 6.07) is 11.6. The van der Waals surface area contributed by atoms with Gasteiger partial charge in [-0.05, 0) is 60.3 Å². The molecule has 1 fully saturated rings. The van der Waals surface area contributed by atoms with E-state index in [0.29, 0.717) is 24.2 Å². The zero-order valence-corrected chi connectivity index (χ0v) is 21.1. The number of aromatic hydroxyl groups is 1. The minimum atomic E-state index is -0.777. The molecule has 0 spiro atoms. The summed E-state index contributed by atoms with van der Waals surface area (Å²) in [5.41, 5.74) is 2.87. The second-order valence-electron chi connectivity index (χ2n) is 9.89. The molecule has 2 aromatic rings. The molecule has 1 atom stereocenters. The van der Waals surface area contributed by atoms with Crippen molar-refractivity contribution in [3.63, 3.8) is 0 Å². The summed E-state index contributed by atoms with van der Waals surface area (Å²) in [7, 11) is 0. The summed E-state index contributed by atoms with van der Waals surface area (Å²) in [5, 5.41) is 21.6. The highest BCUT2D eigenvalue weighted by atomic mass is 16.3. The van der Waals surface area contributed by atoms with Crippen molar-refractivity contribution in [2.45, 2.75) is 53.0 Å². The Bertz CT molecular complexity index is 1110. The number of aryl methyl sites for hydroxylation is 1. The first-order chi connectivity index (χ1) is 16.0. The van der Waals surface area contributed by atoms with E-state index in [1.165, 1.54) is 4.90 Å². The second kappa shape index (κ2) is 10.0. The van der Waals surface area contributed by atoms with Crippen LogP contribution >= 0.6 is 0 Å². The van der Waals surface area contributed by atoms with Crippen molar-refractivity contribution >= 4 is 17.4 Å². The Balaban J connectivity index is 2.18. The lowest BCUT2D eigenvalue weighted by molar-refractivity contribution is -0.140. The van der Waals surface area contributed by atoms with Gasteiger partial charge in [0.05, 0.1) is 11.6 Å². The Kier molecular flexibility index (Phi) is 7.51. The second-order valence-corrected chi connectivity index (χ2v) is 9.89. The van der Waals surface area contributed by atoms with E-state index in [2.05, 4.69) is 39.5 Å². The SMILES string of the molecule is CCN(CC)CCN1C(=O)C(=O)/C(=C(/O)c2cc(C(C)(C)C)ccc2C)C1c1cccc(O)c1. The number of benzene rings is 2. The first-order valence-corrected chi connectivity index (χ1v) is 11.9. The number of aliphatic hydroxyl groups excluding tert-OH is 1. The highest BCUT2D eigenvalue weighted by molar-refractivity contribution is 6.46. The molecule has 0 radical (unpaired) electrons. The molecular formula is C28H36N2O4. The smallest absolute Gasteiger partial charge is 0.295 e. The molecule has 34 heavy (non-hydrogen) atoms. The van der Waals surface area contributed by atoms with Crippen molar-refractivity contribution in [2.24, 2.45) is 0 Å². The van der Waals surface area contributed by atoms with Crippen LogP contribution in [0, 0.1) is 6.92 Å². The van der Waals surface area contributed by atoms with E-state index in [4.69, 9.17) is 0 Å². The van der Waals surface area contributed by atoms with Crippen LogP contribution in [-0.4, -0.2) is 57.9 Å². The Hall–Kier alpha value is -3.12. The van der Waals surface area contributed by atoms with Gasteiger partial charge in [-0.15, -0.1) is 0 Å². The molecule has 1 aliphatic rings. The molecular weight excluding hydrogens is 428 g/mol. The topological polar surface area (TPSA) is 81.1 Å². The molecule has 2 aromatic carbocycles. The fourth-order valence-electron chi connectivity index (χ4n) is 4.43. The quantitative estimate of drug-likeness (QED) is 0.351. The normalized spacial score (nSPS) is 18.2. The van der Waals surface area contributed by atoms with Gasteiger partial charge in [0.25, 0.3) is 11.7 Å². The third-order valence-corrected chi connectivity index (χ3v) is 6.64. The molecule has 1 saturated heterocycles. The maximum Gasteiger partial charge on any atom is 0.295 e. The number of amides is 1. The number of hydrogen-bond acceptors (Lipinski definition) is 5. The van der Waals surface area contributed by atoms with Crippen LogP contribution in [0.4, 0.5) is 0 Å². The van der Waals surface area contributed by atoms with Crippen molar-refractivity contribution in [2.75, 3.05) is 26.2 Å². The van der Waals surface area contributed by atoms with E-state index < -0.39 is 17.7 Å². The predicted molar refractivity (Wildman–Crippen MR) is 135 cm³/mol. The zero-order chi connectivity index (χ0) is 25.2. The lowest BCUT2D eigenvalue weighted by Gasteiger charge is -2.28. The average Bonchev–Trinajstić information content (AvgIpc) is 3.04. The molecule has 0 bridgehead atoms. The summed E-state index contributed by atoms with van der Waals surface area (Å²) < 4.78 is 0. The van der Waals surface area contributed by atoms with E-state index in [9.17, 15) is 19.8 Å². The molecule has 6 heteroatoms. The lowest BCUT2D eigenvalue weighted by Crippen LogP contribution is -2.38. The van der Waals surface area contributed by atoms with Crippen LogP contribution in [0.15, 0.2) is 48.0 Å². The third kappa shape index (κ3) is 5.02. The van der Waals surface area contributed by atoms with Crippen LogP contribution in [0.5, 0.6) is 5.75 Å². The predicted octanol–water partition coefficient (Wildman–Crippen LogP) is 4.76. The van der Waals surface area contributed by atoms with Gasteiger partial charge >= 0.3 is 0 Å². The van der Waals surface area contributed by atoms with E-state index in [1.54, 1.807) is 24.3 Å². The number of phenols is 1. The van der Waals surface area contributed by atoms with Gasteiger partial charge in [-0.3, -0.25) is 9.59 Å². The van der Waals surface area contributed by atoms with Crippen LogP contribution in [0.3, 0.4) is 0 Å². The number of likely N-dealkylation sites (N-methyl/N-ethyl adjacent to an activating group) is 1. The number of carbonyl (C=O) groups is 2. The summed E-state index contributed by atoms with van der Waals surface area (Å²) >= 11 is 0. The van der Waals surface area contributed by atoms with Crippen LogP contribution in [0.25, 0.3) is 5.76 Å². The summed E-state index contributed by atoms with van der Waals surface area (Å²) in [5.74, 6) is -1.48. The summed E-state index contributed by atoms with van der Waals surface area (Å²) in [6.45, 7) is 14.8. The minimum absolute atomic E-state index is 0.0396. The lowest BCUT2D eigenvalue weighted by atomic mass is 9.84. The first-order valence-electron chi connectivity index (χ1n) is 11.9. The van der Waals surface area contributed by atoms with Crippen molar-refractivity contribution in [1.29, 1.82) is 0 Å². The van der Waals surface area contributed by atoms with Gasteiger partial charge in [0.15, 0.2) is 0 Å². The standard InChI is InChI=1S/C28H36N2O4/c1-7-29(8-2)14-15-30-24(19-10-9-11-21(31)16-19)23(26(33)27(30)34)25(32)22-17-20(28(4,5)6)13-12-18(22)3/h9-13,16-17,24,31-32H,7-8,14-15H2,1-6H3/b25-23+. The number of phenolic OH excluding ortho intramolecular Hbond substituents is 1. The number of Topliss-reactive ketones (excluding diaryl/α,β-unsaturated/α-hetero) is 1. The minimum Gasteiger partial charge on any atom is -0.508 e. The first kappa shape index (κ1) is 25.5. The molecule has 1 heterocycles. The van der Waals surface area contributed by atoms with Gasteiger partial charge in [-0.25, -0.2) is 0 Å². The van der Waals surface area contributed by atoms with Crippen molar-refractivity contribution in [1.82, 2.24) is 9.80 Å². The largest absolute Gasteiger partial charge is 0.508 e. The molecule has 1 unspecified atom stereocenters. The molecule has 1 amide bonds. The fraction of sp³-hybridized carbons (Fsp3) is 0.429. The fourth-order valence-corrected chi connectivity index (χ4v) is 4.43. The van der Waals surface area contributed by atoms with Crippen molar-refractivity contribution < 1.29 is 19.8 Å². The van der Waals surface area contributed by atoms with E-state index >= 15 is 0 Å². The molecule has 1 aliphatic heterocycles. The Morgan fingerprint density at radius 3 is 2.32 bits per heavy atom. The van der Waals surface area contributed by atoms with Gasteiger partial charge in [-0.2, -0.15) is 0 Å². The average molecular weight is 465 g/mol. The molecule has 0 aliphatic carbocycles. The number of nitrogens with zero attached hydrogens (tertiary/aromatic N) is 2. The molecule has 2 N–H and O–H groups in total. The number of hydrogen-bond donors (Lipinski definition) is 2. The Morgan fingerprint density at radius 2 is 1.74 bits per heavy atom. The summed E-state index contributed by atoms with van der Waals surface area (Å²) in [6.07, 6.45) is 0. The Labute approximate surface area is 202 Å².